The first-order valence-corrected chi connectivity index (χ1v) is 10.6. The van der Waals surface area contributed by atoms with E-state index in [4.69, 9.17) is 0 Å². The number of carbonyl (C=O) groups excluding carboxylic acids is 1. The van der Waals surface area contributed by atoms with Crippen LogP contribution in [0, 0.1) is 23.2 Å². The van der Waals surface area contributed by atoms with Gasteiger partial charge in [0.15, 0.2) is 0 Å². The Morgan fingerprint density at radius 2 is 2.20 bits per heavy atom. The molecule has 1 N–H and O–H groups in total. The Labute approximate surface area is 176 Å². The largest absolute Gasteiger partial charge is 0.370 e. The highest BCUT2D eigenvalue weighted by Crippen LogP contribution is 2.41. The molecule has 5 nitrogen and oxygen atoms in total. The quantitative estimate of drug-likeness (QED) is 0.800. The third-order valence-corrected chi connectivity index (χ3v) is 6.42. The van der Waals surface area contributed by atoms with Crippen molar-refractivity contribution in [3.05, 3.63) is 70.9 Å². The van der Waals surface area contributed by atoms with Crippen LogP contribution in [0.5, 0.6) is 0 Å². The van der Waals surface area contributed by atoms with Crippen LogP contribution in [0.4, 0.5) is 5.82 Å². The van der Waals surface area contributed by atoms with Gasteiger partial charge < -0.3 is 10.2 Å². The number of likely N-dealkylation sites (tertiary alicyclic amines) is 1. The highest BCUT2D eigenvalue weighted by atomic mass is 16.2. The Hall–Kier alpha value is -3.39. The maximum absolute atomic E-state index is 12.7. The van der Waals surface area contributed by atoms with E-state index in [9.17, 15) is 10.1 Å². The van der Waals surface area contributed by atoms with Crippen LogP contribution in [0.1, 0.15) is 35.1 Å². The number of pyridine rings is 1. The van der Waals surface area contributed by atoms with Gasteiger partial charge in [-0.25, -0.2) is 4.98 Å². The molecule has 1 fully saturated rings. The van der Waals surface area contributed by atoms with Crippen molar-refractivity contribution in [2.24, 2.45) is 11.8 Å². The average molecular weight is 396 g/mol. The second kappa shape index (κ2) is 7.79. The molecule has 1 aliphatic carbocycles. The number of amides is 1. The van der Waals surface area contributed by atoms with Gasteiger partial charge in [0.2, 0.25) is 5.91 Å². The van der Waals surface area contributed by atoms with Crippen molar-refractivity contribution < 1.29 is 4.79 Å². The molecule has 1 aromatic heterocycles. The molecule has 2 aliphatic heterocycles. The zero-order valence-electron chi connectivity index (χ0n) is 16.8. The first-order valence-electron chi connectivity index (χ1n) is 10.6. The molecule has 150 valence electrons. The summed E-state index contributed by atoms with van der Waals surface area (Å²) in [6.45, 7) is 2.50. The van der Waals surface area contributed by atoms with E-state index in [1.807, 2.05) is 41.4 Å². The molecular weight excluding hydrogens is 372 g/mol. The molecule has 2 atom stereocenters. The smallest absolute Gasteiger partial charge is 0.246 e. The van der Waals surface area contributed by atoms with Gasteiger partial charge in [0.25, 0.3) is 0 Å². The van der Waals surface area contributed by atoms with Crippen LogP contribution in [0.25, 0.3) is 11.6 Å². The standard InChI is InChI=1S/C25H24N4O/c26-13-19-4-1-2-6-23(19)20-11-21-15-29(16-22(21)12-20)24(30)8-7-17-10-18-5-3-9-27-25(18)28-14-17/h1-2,4,6-8,10-11,14,21-22H,3,5,9,12,15-16H2,(H,27,28)/b8-7+. The SMILES string of the molecule is N#Cc1ccccc1C1=CC2CN(C(=O)/C=C/c3cnc4c(c3)CCCN4)CC2C1. The van der Waals surface area contributed by atoms with E-state index >= 15 is 0 Å². The minimum absolute atomic E-state index is 0.0626. The van der Waals surface area contributed by atoms with Crippen LogP contribution in [-0.2, 0) is 11.2 Å². The van der Waals surface area contributed by atoms with Crippen molar-refractivity contribution in [2.45, 2.75) is 19.3 Å². The van der Waals surface area contributed by atoms with Crippen LogP contribution in [0.15, 0.2) is 48.7 Å². The number of allylic oxidation sites excluding steroid dienone is 1. The summed E-state index contributed by atoms with van der Waals surface area (Å²) in [5.41, 5.74) is 5.22. The summed E-state index contributed by atoms with van der Waals surface area (Å²) < 4.78 is 0. The fourth-order valence-corrected chi connectivity index (χ4v) is 4.88. The lowest BCUT2D eigenvalue weighted by Crippen LogP contribution is -2.27. The highest BCUT2D eigenvalue weighted by Gasteiger charge is 2.38. The predicted octanol–water partition coefficient (Wildman–Crippen LogP) is 3.89. The summed E-state index contributed by atoms with van der Waals surface area (Å²) in [7, 11) is 0. The van der Waals surface area contributed by atoms with Crippen molar-refractivity contribution in [3.8, 4) is 6.07 Å². The molecule has 1 aromatic carbocycles. The Morgan fingerprint density at radius 3 is 3.07 bits per heavy atom. The van der Waals surface area contributed by atoms with E-state index in [0.717, 1.165) is 61.4 Å². The minimum Gasteiger partial charge on any atom is -0.370 e. The third-order valence-electron chi connectivity index (χ3n) is 6.42. The first-order chi connectivity index (χ1) is 14.7. The fourth-order valence-electron chi connectivity index (χ4n) is 4.88. The lowest BCUT2D eigenvalue weighted by Gasteiger charge is -2.17. The molecule has 0 saturated carbocycles. The number of hydrogen-bond donors (Lipinski definition) is 1. The maximum atomic E-state index is 12.7. The molecule has 2 unspecified atom stereocenters. The van der Waals surface area contributed by atoms with Gasteiger partial charge in [-0.3, -0.25) is 4.79 Å². The number of nitriles is 1. The summed E-state index contributed by atoms with van der Waals surface area (Å²) in [5, 5.41) is 12.7. The van der Waals surface area contributed by atoms with Crippen molar-refractivity contribution >= 4 is 23.4 Å². The van der Waals surface area contributed by atoms with Crippen LogP contribution in [-0.4, -0.2) is 35.4 Å². The van der Waals surface area contributed by atoms with Gasteiger partial charge in [0.05, 0.1) is 11.6 Å². The fraction of sp³-hybridized carbons (Fsp3) is 0.320. The van der Waals surface area contributed by atoms with Gasteiger partial charge in [0, 0.05) is 31.9 Å². The summed E-state index contributed by atoms with van der Waals surface area (Å²) in [5.74, 6) is 1.85. The van der Waals surface area contributed by atoms with Crippen LogP contribution < -0.4 is 5.32 Å². The predicted molar refractivity (Wildman–Crippen MR) is 117 cm³/mol. The molecule has 5 rings (SSSR count). The zero-order chi connectivity index (χ0) is 20.5. The average Bonchev–Trinajstić information content (AvgIpc) is 3.37. The minimum atomic E-state index is 0.0626. The normalized spacial score (nSPS) is 22.2. The molecule has 3 aliphatic rings. The molecule has 0 bridgehead atoms. The van der Waals surface area contributed by atoms with E-state index < -0.39 is 0 Å². The number of aromatic nitrogens is 1. The Balaban J connectivity index is 1.25. The lowest BCUT2D eigenvalue weighted by molar-refractivity contribution is -0.125. The third kappa shape index (κ3) is 3.50. The van der Waals surface area contributed by atoms with E-state index in [2.05, 4.69) is 28.5 Å². The number of rotatable bonds is 3. The van der Waals surface area contributed by atoms with Gasteiger partial charge >= 0.3 is 0 Å². The van der Waals surface area contributed by atoms with E-state index in [-0.39, 0.29) is 5.91 Å². The summed E-state index contributed by atoms with van der Waals surface area (Å²) in [6.07, 6.45) is 10.7. The van der Waals surface area contributed by atoms with Gasteiger partial charge in [0.1, 0.15) is 5.82 Å². The molecule has 2 aromatic rings. The number of nitrogens with one attached hydrogen (secondary N) is 1. The number of aryl methyl sites for hydroxylation is 1. The van der Waals surface area contributed by atoms with E-state index in [0.29, 0.717) is 11.8 Å². The number of carbonyl (C=O) groups is 1. The molecule has 3 heterocycles. The second-order valence-corrected chi connectivity index (χ2v) is 8.36. The summed E-state index contributed by atoms with van der Waals surface area (Å²) >= 11 is 0. The Bertz CT molecular complexity index is 1090. The monoisotopic (exact) mass is 396 g/mol. The number of fused-ring (bicyclic) bond motifs is 2. The van der Waals surface area contributed by atoms with Crippen molar-refractivity contribution in [3.63, 3.8) is 0 Å². The van der Waals surface area contributed by atoms with Crippen molar-refractivity contribution in [1.82, 2.24) is 9.88 Å². The zero-order valence-corrected chi connectivity index (χ0v) is 16.8. The van der Waals surface area contributed by atoms with Gasteiger partial charge in [-0.05, 0) is 71.6 Å². The van der Waals surface area contributed by atoms with Crippen LogP contribution in [0.2, 0.25) is 0 Å². The number of nitrogens with zero attached hydrogens (tertiary/aromatic N) is 3. The second-order valence-electron chi connectivity index (χ2n) is 8.36. The number of anilines is 1. The van der Waals surface area contributed by atoms with E-state index in [1.165, 1.54) is 11.1 Å². The Kier molecular flexibility index (Phi) is 4.84. The molecule has 1 saturated heterocycles. The van der Waals surface area contributed by atoms with Crippen molar-refractivity contribution in [1.29, 1.82) is 5.26 Å². The molecule has 1 amide bonds. The maximum Gasteiger partial charge on any atom is 0.246 e. The molecule has 30 heavy (non-hydrogen) atoms. The number of hydrogen-bond acceptors (Lipinski definition) is 4. The van der Waals surface area contributed by atoms with Crippen LogP contribution >= 0.6 is 0 Å². The van der Waals surface area contributed by atoms with Crippen LogP contribution in [0.3, 0.4) is 0 Å². The summed E-state index contributed by atoms with van der Waals surface area (Å²) in [4.78, 5) is 19.2. The molecule has 5 heteroatoms. The van der Waals surface area contributed by atoms with Gasteiger partial charge in [-0.1, -0.05) is 24.3 Å². The lowest BCUT2D eigenvalue weighted by atomic mass is 9.96. The van der Waals surface area contributed by atoms with Gasteiger partial charge in [-0.15, -0.1) is 0 Å². The Morgan fingerprint density at radius 1 is 1.30 bits per heavy atom. The summed E-state index contributed by atoms with van der Waals surface area (Å²) in [6, 6.07) is 12.2. The van der Waals surface area contributed by atoms with Crippen molar-refractivity contribution in [2.75, 3.05) is 25.0 Å². The highest BCUT2D eigenvalue weighted by molar-refractivity contribution is 5.92. The topological polar surface area (TPSA) is 69.0 Å². The molecule has 0 spiro atoms. The molecule has 0 radical (unpaired) electrons. The molecular formula is C25H24N4O. The first kappa shape index (κ1) is 18.6. The van der Waals surface area contributed by atoms with Gasteiger partial charge in [-0.2, -0.15) is 5.26 Å². The number of benzene rings is 1. The van der Waals surface area contributed by atoms with E-state index in [1.54, 1.807) is 6.08 Å².